The first-order valence-electron chi connectivity index (χ1n) is 6.47. The van der Waals surface area contributed by atoms with Crippen LogP contribution in [-0.4, -0.2) is 27.1 Å². The predicted molar refractivity (Wildman–Crippen MR) is 84.7 cm³/mol. The first-order chi connectivity index (χ1) is 9.61. The van der Waals surface area contributed by atoms with Gasteiger partial charge in [-0.05, 0) is 30.3 Å². The van der Waals surface area contributed by atoms with E-state index in [2.05, 4.69) is 10.6 Å². The summed E-state index contributed by atoms with van der Waals surface area (Å²) < 4.78 is 0. The molecular weight excluding hydrogens is 250 g/mol. The molecule has 20 heavy (non-hydrogen) atoms. The second-order valence-electron chi connectivity index (χ2n) is 4.69. The number of nitrogens with zero attached hydrogens (tertiary/aromatic N) is 1. The van der Waals surface area contributed by atoms with E-state index in [-0.39, 0.29) is 5.91 Å². The summed E-state index contributed by atoms with van der Waals surface area (Å²) in [5.41, 5.74) is 3.27. The fourth-order valence-corrected chi connectivity index (χ4v) is 1.96. The lowest BCUT2D eigenvalue weighted by atomic mass is 10.1. The van der Waals surface area contributed by atoms with Gasteiger partial charge in [0.1, 0.15) is 0 Å². The molecule has 0 aliphatic carbocycles. The Hall–Kier alpha value is -2.49. The molecule has 0 unspecified atom stereocenters. The number of carbonyl (C=O) groups is 1. The molecule has 2 aromatic rings. The largest absolute Gasteiger partial charge is 0.387 e. The highest BCUT2D eigenvalue weighted by molar-refractivity contribution is 6.08. The smallest absolute Gasteiger partial charge is 0.257 e. The zero-order valence-electron chi connectivity index (χ0n) is 12.0. The third-order valence-electron chi connectivity index (χ3n) is 3.06. The zero-order valence-corrected chi connectivity index (χ0v) is 12.0. The number of nitrogens with one attached hydrogen (secondary N) is 2. The van der Waals surface area contributed by atoms with Crippen LogP contribution in [-0.2, 0) is 0 Å². The Labute approximate surface area is 119 Å². The van der Waals surface area contributed by atoms with Crippen molar-refractivity contribution in [1.29, 1.82) is 0 Å². The predicted octanol–water partition coefficient (Wildman–Crippen LogP) is 3.05. The Morgan fingerprint density at radius 3 is 2.50 bits per heavy atom. The van der Waals surface area contributed by atoms with Crippen LogP contribution in [0.2, 0.25) is 0 Å². The van der Waals surface area contributed by atoms with Gasteiger partial charge >= 0.3 is 0 Å². The summed E-state index contributed by atoms with van der Waals surface area (Å²) in [6.45, 7) is 0. The standard InChI is InChI=1S/C16H19N3O/c1-17-15-10-5-4-9-14(15)16(20)18-12-7-6-8-13(11-12)19(2)3/h4-11,17H,1-3H3,(H,18,20). The van der Waals surface area contributed by atoms with Gasteiger partial charge in [-0.15, -0.1) is 0 Å². The molecule has 1 amide bonds. The van der Waals surface area contributed by atoms with E-state index in [4.69, 9.17) is 0 Å². The second-order valence-corrected chi connectivity index (χ2v) is 4.69. The minimum Gasteiger partial charge on any atom is -0.387 e. The number of carbonyl (C=O) groups excluding carboxylic acids is 1. The van der Waals surface area contributed by atoms with E-state index in [1.807, 2.05) is 61.5 Å². The summed E-state index contributed by atoms with van der Waals surface area (Å²) in [7, 11) is 5.74. The summed E-state index contributed by atoms with van der Waals surface area (Å²) in [4.78, 5) is 14.3. The topological polar surface area (TPSA) is 44.4 Å². The van der Waals surface area contributed by atoms with Gasteiger partial charge in [0.05, 0.1) is 5.56 Å². The zero-order chi connectivity index (χ0) is 14.5. The SMILES string of the molecule is CNc1ccccc1C(=O)Nc1cccc(N(C)C)c1. The van der Waals surface area contributed by atoms with Crippen molar-refractivity contribution in [2.75, 3.05) is 36.7 Å². The third-order valence-corrected chi connectivity index (χ3v) is 3.06. The average Bonchev–Trinajstić information content (AvgIpc) is 2.47. The highest BCUT2D eigenvalue weighted by Gasteiger charge is 2.10. The summed E-state index contributed by atoms with van der Waals surface area (Å²) in [5.74, 6) is -0.120. The van der Waals surface area contributed by atoms with Crippen LogP contribution in [0.1, 0.15) is 10.4 Å². The van der Waals surface area contributed by atoms with E-state index in [1.165, 1.54) is 0 Å². The highest BCUT2D eigenvalue weighted by Crippen LogP contribution is 2.20. The monoisotopic (exact) mass is 269 g/mol. The first kappa shape index (κ1) is 13.9. The molecule has 4 nitrogen and oxygen atoms in total. The molecule has 0 spiro atoms. The van der Waals surface area contributed by atoms with E-state index in [1.54, 1.807) is 13.1 Å². The quantitative estimate of drug-likeness (QED) is 0.896. The van der Waals surface area contributed by atoms with Gasteiger partial charge in [0.2, 0.25) is 0 Å². The molecule has 2 rings (SSSR count). The normalized spacial score (nSPS) is 9.95. The Balaban J connectivity index is 2.21. The van der Waals surface area contributed by atoms with E-state index in [0.29, 0.717) is 5.56 Å². The molecule has 104 valence electrons. The molecule has 0 saturated heterocycles. The van der Waals surface area contributed by atoms with Gasteiger partial charge in [-0.2, -0.15) is 0 Å². The van der Waals surface area contributed by atoms with E-state index in [9.17, 15) is 4.79 Å². The minimum absolute atomic E-state index is 0.120. The van der Waals surface area contributed by atoms with E-state index < -0.39 is 0 Å². The Bertz CT molecular complexity index is 608. The fourth-order valence-electron chi connectivity index (χ4n) is 1.96. The summed E-state index contributed by atoms with van der Waals surface area (Å²) in [6.07, 6.45) is 0. The molecule has 0 bridgehead atoms. The molecule has 0 fully saturated rings. The van der Waals surface area contributed by atoms with Crippen molar-refractivity contribution < 1.29 is 4.79 Å². The van der Waals surface area contributed by atoms with Gasteiger partial charge in [-0.25, -0.2) is 0 Å². The first-order valence-corrected chi connectivity index (χ1v) is 6.47. The lowest BCUT2D eigenvalue weighted by Crippen LogP contribution is -2.14. The van der Waals surface area contributed by atoms with Crippen LogP contribution in [0.25, 0.3) is 0 Å². The molecule has 4 heteroatoms. The van der Waals surface area contributed by atoms with Crippen molar-refractivity contribution in [3.05, 3.63) is 54.1 Å². The number of benzene rings is 2. The highest BCUT2D eigenvalue weighted by atomic mass is 16.1. The number of rotatable bonds is 4. The van der Waals surface area contributed by atoms with Gasteiger partial charge in [0.25, 0.3) is 5.91 Å². The lowest BCUT2D eigenvalue weighted by molar-refractivity contribution is 0.102. The molecule has 0 atom stereocenters. The van der Waals surface area contributed by atoms with Crippen LogP contribution >= 0.6 is 0 Å². The maximum absolute atomic E-state index is 12.3. The van der Waals surface area contributed by atoms with Crippen molar-refractivity contribution in [3.63, 3.8) is 0 Å². The Morgan fingerprint density at radius 2 is 1.80 bits per heavy atom. The number of hydrogen-bond donors (Lipinski definition) is 2. The van der Waals surface area contributed by atoms with Crippen LogP contribution in [0.4, 0.5) is 17.1 Å². The van der Waals surface area contributed by atoms with Crippen molar-refractivity contribution in [2.45, 2.75) is 0 Å². The maximum atomic E-state index is 12.3. The minimum atomic E-state index is -0.120. The van der Waals surface area contributed by atoms with Crippen LogP contribution in [0, 0.1) is 0 Å². The van der Waals surface area contributed by atoms with Gasteiger partial charge in [0.15, 0.2) is 0 Å². The molecular formula is C16H19N3O. The van der Waals surface area contributed by atoms with Gasteiger partial charge in [-0.3, -0.25) is 4.79 Å². The van der Waals surface area contributed by atoms with Crippen LogP contribution in [0.15, 0.2) is 48.5 Å². The Kier molecular flexibility index (Phi) is 4.25. The summed E-state index contributed by atoms with van der Waals surface area (Å²) in [6, 6.07) is 15.2. The van der Waals surface area contributed by atoms with E-state index in [0.717, 1.165) is 17.1 Å². The van der Waals surface area contributed by atoms with Crippen molar-refractivity contribution in [1.82, 2.24) is 0 Å². The van der Waals surface area contributed by atoms with Crippen LogP contribution in [0.5, 0.6) is 0 Å². The molecule has 0 heterocycles. The van der Waals surface area contributed by atoms with Crippen molar-refractivity contribution in [2.24, 2.45) is 0 Å². The molecule has 2 aromatic carbocycles. The molecule has 0 radical (unpaired) electrons. The molecule has 0 aromatic heterocycles. The van der Waals surface area contributed by atoms with Crippen LogP contribution in [0.3, 0.4) is 0 Å². The Morgan fingerprint density at radius 1 is 1.05 bits per heavy atom. The molecule has 0 aliphatic rings. The van der Waals surface area contributed by atoms with Gasteiger partial charge in [0, 0.05) is 38.2 Å². The third kappa shape index (κ3) is 3.09. The molecule has 0 saturated carbocycles. The fraction of sp³-hybridized carbons (Fsp3) is 0.188. The molecule has 0 aliphatic heterocycles. The van der Waals surface area contributed by atoms with Crippen molar-refractivity contribution in [3.8, 4) is 0 Å². The average molecular weight is 269 g/mol. The van der Waals surface area contributed by atoms with Crippen LogP contribution < -0.4 is 15.5 Å². The summed E-state index contributed by atoms with van der Waals surface area (Å²) >= 11 is 0. The lowest BCUT2D eigenvalue weighted by Gasteiger charge is -2.14. The number of para-hydroxylation sites is 1. The number of amides is 1. The van der Waals surface area contributed by atoms with Gasteiger partial charge in [-0.1, -0.05) is 18.2 Å². The number of anilines is 3. The second kappa shape index (κ2) is 6.10. The molecule has 2 N–H and O–H groups in total. The number of hydrogen-bond acceptors (Lipinski definition) is 3. The maximum Gasteiger partial charge on any atom is 0.257 e. The van der Waals surface area contributed by atoms with Crippen molar-refractivity contribution >= 4 is 23.0 Å². The van der Waals surface area contributed by atoms with Gasteiger partial charge < -0.3 is 15.5 Å². The van der Waals surface area contributed by atoms with E-state index >= 15 is 0 Å². The summed E-state index contributed by atoms with van der Waals surface area (Å²) in [5, 5.41) is 5.95.